The van der Waals surface area contributed by atoms with Crippen LogP contribution in [0.4, 0.5) is 5.00 Å². The van der Waals surface area contributed by atoms with E-state index in [0.717, 1.165) is 55.1 Å². The first kappa shape index (κ1) is 22.3. The molecule has 4 rings (SSSR count). The van der Waals surface area contributed by atoms with Crippen LogP contribution in [0, 0.1) is 0 Å². The lowest BCUT2D eigenvalue weighted by atomic mass is 9.96. The van der Waals surface area contributed by atoms with Gasteiger partial charge in [0.2, 0.25) is 5.91 Å². The van der Waals surface area contributed by atoms with Crippen molar-refractivity contribution in [2.75, 3.05) is 18.2 Å². The Balaban J connectivity index is 1.45. The molecule has 1 amide bonds. The quantitative estimate of drug-likeness (QED) is 0.494. The SMILES string of the molecule is COC(=O)c1c(NC(=O)CSc2nnc(C3CCCC3)n2C)sc2c1CCCCCC2. The fraction of sp³-hybridized carbons (Fsp3) is 0.636. The summed E-state index contributed by atoms with van der Waals surface area (Å²) in [5.74, 6) is 1.21. The normalized spacial score (nSPS) is 17.1. The number of aromatic nitrogens is 3. The highest BCUT2D eigenvalue weighted by Crippen LogP contribution is 2.38. The second kappa shape index (κ2) is 10.2. The van der Waals surface area contributed by atoms with Crippen LogP contribution in [0.2, 0.25) is 0 Å². The molecule has 0 bridgehead atoms. The summed E-state index contributed by atoms with van der Waals surface area (Å²) in [5, 5.41) is 13.0. The number of carbonyl (C=O) groups excluding carboxylic acids is 2. The van der Waals surface area contributed by atoms with Crippen molar-refractivity contribution in [1.29, 1.82) is 0 Å². The van der Waals surface area contributed by atoms with Gasteiger partial charge in [-0.25, -0.2) is 4.79 Å². The number of hydrogen-bond donors (Lipinski definition) is 1. The Morgan fingerprint density at radius 3 is 2.61 bits per heavy atom. The zero-order chi connectivity index (χ0) is 21.8. The molecule has 2 aliphatic carbocycles. The third-order valence-electron chi connectivity index (χ3n) is 6.24. The van der Waals surface area contributed by atoms with Crippen LogP contribution < -0.4 is 5.32 Å². The van der Waals surface area contributed by atoms with Crippen LogP contribution in [-0.2, 0) is 29.4 Å². The summed E-state index contributed by atoms with van der Waals surface area (Å²) in [6.07, 6.45) is 11.2. The lowest BCUT2D eigenvalue weighted by Crippen LogP contribution is -2.16. The van der Waals surface area contributed by atoms with E-state index in [1.54, 1.807) is 0 Å². The fourth-order valence-electron chi connectivity index (χ4n) is 4.61. The minimum Gasteiger partial charge on any atom is -0.465 e. The summed E-state index contributed by atoms with van der Waals surface area (Å²) in [4.78, 5) is 26.4. The molecule has 31 heavy (non-hydrogen) atoms. The smallest absolute Gasteiger partial charge is 0.341 e. The molecular weight excluding hydrogens is 432 g/mol. The maximum Gasteiger partial charge on any atom is 0.341 e. The van der Waals surface area contributed by atoms with Gasteiger partial charge in [-0.15, -0.1) is 21.5 Å². The highest BCUT2D eigenvalue weighted by Gasteiger charge is 2.27. The Hall–Kier alpha value is -1.87. The Morgan fingerprint density at radius 2 is 1.87 bits per heavy atom. The van der Waals surface area contributed by atoms with E-state index in [4.69, 9.17) is 4.74 Å². The van der Waals surface area contributed by atoms with Gasteiger partial charge in [-0.2, -0.15) is 0 Å². The van der Waals surface area contributed by atoms with Crippen LogP contribution in [-0.4, -0.2) is 39.5 Å². The summed E-state index contributed by atoms with van der Waals surface area (Å²) >= 11 is 2.91. The molecule has 2 aliphatic rings. The highest BCUT2D eigenvalue weighted by atomic mass is 32.2. The number of nitrogens with zero attached hydrogens (tertiary/aromatic N) is 3. The first-order valence-corrected chi connectivity index (χ1v) is 12.9. The van der Waals surface area contributed by atoms with Crippen molar-refractivity contribution in [3.8, 4) is 0 Å². The summed E-state index contributed by atoms with van der Waals surface area (Å²) in [7, 11) is 3.37. The molecule has 1 N–H and O–H groups in total. The van der Waals surface area contributed by atoms with Crippen molar-refractivity contribution in [2.45, 2.75) is 75.3 Å². The topological polar surface area (TPSA) is 86.1 Å². The zero-order valence-corrected chi connectivity index (χ0v) is 19.9. The third kappa shape index (κ3) is 4.98. The number of aryl methyl sites for hydroxylation is 1. The van der Waals surface area contributed by atoms with Gasteiger partial charge in [0.15, 0.2) is 5.16 Å². The third-order valence-corrected chi connectivity index (χ3v) is 8.46. The predicted octanol–water partition coefficient (Wildman–Crippen LogP) is 4.71. The molecule has 0 spiro atoms. The maximum absolute atomic E-state index is 12.7. The number of fused-ring (bicyclic) bond motifs is 1. The van der Waals surface area contributed by atoms with E-state index in [9.17, 15) is 9.59 Å². The Morgan fingerprint density at radius 1 is 1.13 bits per heavy atom. The van der Waals surface area contributed by atoms with Crippen molar-refractivity contribution < 1.29 is 14.3 Å². The summed E-state index contributed by atoms with van der Waals surface area (Å²) in [6.45, 7) is 0. The summed E-state index contributed by atoms with van der Waals surface area (Å²) < 4.78 is 7.06. The summed E-state index contributed by atoms with van der Waals surface area (Å²) in [5.41, 5.74) is 1.61. The molecule has 1 saturated carbocycles. The van der Waals surface area contributed by atoms with E-state index in [1.165, 1.54) is 60.8 Å². The molecule has 168 valence electrons. The van der Waals surface area contributed by atoms with Crippen LogP contribution in [0.15, 0.2) is 5.16 Å². The lowest BCUT2D eigenvalue weighted by Gasteiger charge is -2.11. The number of anilines is 1. The van der Waals surface area contributed by atoms with Crippen LogP contribution >= 0.6 is 23.1 Å². The lowest BCUT2D eigenvalue weighted by molar-refractivity contribution is -0.113. The molecule has 0 atom stereocenters. The molecular formula is C22H30N4O3S2. The largest absolute Gasteiger partial charge is 0.465 e. The minimum absolute atomic E-state index is 0.144. The second-order valence-electron chi connectivity index (χ2n) is 8.33. The van der Waals surface area contributed by atoms with Crippen LogP contribution in [0.1, 0.15) is 83.9 Å². The zero-order valence-electron chi connectivity index (χ0n) is 18.2. The van der Waals surface area contributed by atoms with Crippen LogP contribution in [0.25, 0.3) is 0 Å². The van der Waals surface area contributed by atoms with Gasteiger partial charge < -0.3 is 14.6 Å². The highest BCUT2D eigenvalue weighted by molar-refractivity contribution is 7.99. The number of carbonyl (C=O) groups is 2. The molecule has 0 radical (unpaired) electrons. The van der Waals surface area contributed by atoms with E-state index in [1.807, 2.05) is 11.6 Å². The molecule has 9 heteroatoms. The molecule has 2 aromatic heterocycles. The van der Waals surface area contributed by atoms with Crippen molar-refractivity contribution >= 4 is 40.0 Å². The standard InChI is InChI=1S/C22H30N4O3S2/c1-26-19(14-9-7-8-10-14)24-25-22(26)30-13-17(27)23-20-18(21(28)29-2)15-11-5-3-4-6-12-16(15)31-20/h14H,3-13H2,1-2H3,(H,23,27). The minimum atomic E-state index is -0.365. The van der Waals surface area contributed by atoms with Crippen LogP contribution in [0.3, 0.4) is 0 Å². The fourth-order valence-corrected chi connectivity index (χ4v) is 6.62. The van der Waals surface area contributed by atoms with E-state index in [-0.39, 0.29) is 17.6 Å². The van der Waals surface area contributed by atoms with Gasteiger partial charge in [0.05, 0.1) is 18.4 Å². The van der Waals surface area contributed by atoms with Gasteiger partial charge in [-0.1, -0.05) is 37.4 Å². The number of esters is 1. The molecule has 2 aromatic rings. The number of amides is 1. The molecule has 7 nitrogen and oxygen atoms in total. The average Bonchev–Trinajstić information content (AvgIpc) is 3.46. The molecule has 0 unspecified atom stereocenters. The van der Waals surface area contributed by atoms with E-state index < -0.39 is 0 Å². The number of thiophene rings is 1. The predicted molar refractivity (Wildman–Crippen MR) is 123 cm³/mol. The van der Waals surface area contributed by atoms with Gasteiger partial charge >= 0.3 is 5.97 Å². The number of thioether (sulfide) groups is 1. The van der Waals surface area contributed by atoms with Crippen LogP contribution in [0.5, 0.6) is 0 Å². The molecule has 0 saturated heterocycles. The Kier molecular flexibility index (Phi) is 7.32. The molecule has 1 fully saturated rings. The van der Waals surface area contributed by atoms with Gasteiger partial charge in [-0.3, -0.25) is 4.79 Å². The average molecular weight is 463 g/mol. The number of methoxy groups -OCH3 is 1. The first-order chi connectivity index (χ1) is 15.1. The van der Waals surface area contributed by atoms with E-state index in [2.05, 4.69) is 15.5 Å². The molecule has 0 aromatic carbocycles. The first-order valence-electron chi connectivity index (χ1n) is 11.1. The van der Waals surface area contributed by atoms with Gasteiger partial charge in [0, 0.05) is 17.8 Å². The van der Waals surface area contributed by atoms with Crippen molar-refractivity contribution in [3.63, 3.8) is 0 Å². The Labute approximate surface area is 191 Å². The number of ether oxygens (including phenoxy) is 1. The van der Waals surface area contributed by atoms with E-state index in [0.29, 0.717) is 16.5 Å². The number of hydrogen-bond acceptors (Lipinski definition) is 7. The number of nitrogens with one attached hydrogen (secondary N) is 1. The summed E-state index contributed by atoms with van der Waals surface area (Å²) in [6, 6.07) is 0. The Bertz CT molecular complexity index is 947. The second-order valence-corrected chi connectivity index (χ2v) is 10.4. The van der Waals surface area contributed by atoms with Gasteiger partial charge in [-0.05, 0) is 44.1 Å². The monoisotopic (exact) mass is 462 g/mol. The number of rotatable bonds is 6. The molecule has 0 aliphatic heterocycles. The van der Waals surface area contributed by atoms with E-state index >= 15 is 0 Å². The van der Waals surface area contributed by atoms with Crippen molar-refractivity contribution in [2.24, 2.45) is 7.05 Å². The van der Waals surface area contributed by atoms with Crippen molar-refractivity contribution in [3.05, 3.63) is 21.8 Å². The maximum atomic E-state index is 12.7. The molecule has 2 heterocycles. The van der Waals surface area contributed by atoms with Gasteiger partial charge in [0.1, 0.15) is 10.8 Å². The van der Waals surface area contributed by atoms with Gasteiger partial charge in [0.25, 0.3) is 0 Å². The van der Waals surface area contributed by atoms with Crippen molar-refractivity contribution in [1.82, 2.24) is 14.8 Å².